The number of ether oxygens (including phenoxy) is 2. The van der Waals surface area contributed by atoms with E-state index < -0.39 is 10.1 Å². The van der Waals surface area contributed by atoms with E-state index in [1.165, 1.54) is 11.0 Å². The van der Waals surface area contributed by atoms with Crippen molar-refractivity contribution in [2.24, 2.45) is 0 Å². The first kappa shape index (κ1) is 22.1. The molecule has 3 rings (SSSR count). The second-order valence-corrected chi connectivity index (χ2v) is 8.26. The van der Waals surface area contributed by atoms with E-state index in [1.54, 1.807) is 36.4 Å². The maximum Gasteiger partial charge on any atom is 0.294 e. The third kappa shape index (κ3) is 5.11. The number of hydrogen-bond donors (Lipinski definition) is 1. The predicted octanol–water partition coefficient (Wildman–Crippen LogP) is 2.11. The van der Waals surface area contributed by atoms with E-state index in [0.717, 1.165) is 5.56 Å². The lowest BCUT2D eigenvalue weighted by Gasteiger charge is -2.14. The molecule has 2 aromatic rings. The third-order valence-corrected chi connectivity index (χ3v) is 5.67. The van der Waals surface area contributed by atoms with Gasteiger partial charge in [0, 0.05) is 0 Å². The molecule has 2 amide bonds. The minimum Gasteiger partial charge on any atom is -0.379 e. The smallest absolute Gasteiger partial charge is 0.294 e. The Morgan fingerprint density at radius 2 is 1.50 bits per heavy atom. The van der Waals surface area contributed by atoms with Crippen LogP contribution in [0.3, 0.4) is 0 Å². The molecule has 0 saturated heterocycles. The fraction of sp³-hybridized carbons (Fsp3) is 0.333. The van der Waals surface area contributed by atoms with Crippen molar-refractivity contribution in [1.29, 1.82) is 0 Å². The average Bonchev–Trinajstić information content (AvgIpc) is 2.94. The minimum absolute atomic E-state index is 0.117. The van der Waals surface area contributed by atoms with E-state index in [4.69, 9.17) is 9.47 Å². The summed E-state index contributed by atoms with van der Waals surface area (Å²) in [7, 11) is -4.28. The molecule has 0 fully saturated rings. The Hall–Kier alpha value is -2.59. The fourth-order valence-corrected chi connectivity index (χ4v) is 3.99. The first-order valence-corrected chi connectivity index (χ1v) is 10.9. The van der Waals surface area contributed by atoms with Crippen molar-refractivity contribution in [3.63, 3.8) is 0 Å². The monoisotopic (exact) mass is 433 g/mol. The number of rotatable bonds is 10. The third-order valence-electron chi connectivity index (χ3n) is 4.72. The molecule has 160 valence electrons. The van der Waals surface area contributed by atoms with E-state index in [2.05, 4.69) is 0 Å². The van der Waals surface area contributed by atoms with Crippen molar-refractivity contribution in [3.05, 3.63) is 64.7 Å². The number of nitrogens with zero attached hydrogens (tertiary/aromatic N) is 1. The lowest BCUT2D eigenvalue weighted by atomic mass is 10.1. The number of carbonyl (C=O) groups is 2. The van der Waals surface area contributed by atoms with E-state index in [1.807, 2.05) is 6.92 Å². The molecule has 8 nitrogen and oxygen atoms in total. The lowest BCUT2D eigenvalue weighted by molar-refractivity contribution is 0.0361. The zero-order valence-corrected chi connectivity index (χ0v) is 17.4. The van der Waals surface area contributed by atoms with Crippen LogP contribution in [0.4, 0.5) is 0 Å². The summed E-state index contributed by atoms with van der Waals surface area (Å²) in [5.41, 5.74) is 2.19. The van der Waals surface area contributed by atoms with E-state index >= 15 is 0 Å². The summed E-state index contributed by atoms with van der Waals surface area (Å²) >= 11 is 0. The summed E-state index contributed by atoms with van der Waals surface area (Å²) < 4.78 is 43.1. The fourth-order valence-electron chi connectivity index (χ4n) is 3.26. The van der Waals surface area contributed by atoms with Gasteiger partial charge in [-0.25, -0.2) is 0 Å². The molecule has 1 heterocycles. The van der Waals surface area contributed by atoms with Gasteiger partial charge in [-0.2, -0.15) is 8.42 Å². The number of benzene rings is 2. The number of aryl methyl sites for hydroxylation is 1. The molecule has 2 aromatic carbocycles. The van der Waals surface area contributed by atoms with E-state index in [0.29, 0.717) is 23.1 Å². The molecular formula is C21H23NO7S. The summed E-state index contributed by atoms with van der Waals surface area (Å²) in [4.78, 5) is 25.5. The average molecular weight is 433 g/mol. The van der Waals surface area contributed by atoms with Crippen LogP contribution >= 0.6 is 0 Å². The summed E-state index contributed by atoms with van der Waals surface area (Å²) in [6.45, 7) is 2.98. The molecule has 0 aliphatic carbocycles. The van der Waals surface area contributed by atoms with Crippen molar-refractivity contribution in [2.45, 2.75) is 18.2 Å². The van der Waals surface area contributed by atoms with Gasteiger partial charge in [-0.15, -0.1) is 0 Å². The SMILES string of the molecule is Cc1ccc(S(=O)(=O)O)c(CCOCCOCCN2C(=O)c3ccccc3C2=O)c1. The summed E-state index contributed by atoms with van der Waals surface area (Å²) in [6.07, 6.45) is 0.325. The molecule has 1 aliphatic heterocycles. The van der Waals surface area contributed by atoms with Gasteiger partial charge in [-0.05, 0) is 37.1 Å². The molecule has 0 unspecified atom stereocenters. The molecule has 0 radical (unpaired) electrons. The quantitative estimate of drug-likeness (QED) is 0.347. The molecule has 30 heavy (non-hydrogen) atoms. The molecule has 1 N–H and O–H groups in total. The Balaban J connectivity index is 1.36. The van der Waals surface area contributed by atoms with Crippen LogP contribution in [-0.4, -0.2) is 62.7 Å². The van der Waals surface area contributed by atoms with Crippen LogP contribution in [0.5, 0.6) is 0 Å². The van der Waals surface area contributed by atoms with Gasteiger partial charge in [-0.3, -0.25) is 19.0 Å². The molecular weight excluding hydrogens is 410 g/mol. The van der Waals surface area contributed by atoms with Crippen molar-refractivity contribution in [2.75, 3.05) is 33.0 Å². The predicted molar refractivity (Wildman–Crippen MR) is 108 cm³/mol. The zero-order valence-electron chi connectivity index (χ0n) is 16.5. The minimum atomic E-state index is -4.28. The Morgan fingerprint density at radius 3 is 2.10 bits per heavy atom. The largest absolute Gasteiger partial charge is 0.379 e. The zero-order chi connectivity index (χ0) is 21.7. The van der Waals surface area contributed by atoms with Crippen molar-refractivity contribution in [1.82, 2.24) is 4.90 Å². The number of amides is 2. The van der Waals surface area contributed by atoms with Crippen molar-refractivity contribution >= 4 is 21.9 Å². The first-order valence-electron chi connectivity index (χ1n) is 9.47. The van der Waals surface area contributed by atoms with E-state index in [-0.39, 0.29) is 49.7 Å². The Labute approximate surface area is 175 Å². The molecule has 0 atom stereocenters. The van der Waals surface area contributed by atoms with Crippen LogP contribution in [0, 0.1) is 6.92 Å². The standard InChI is InChI=1S/C21H23NO7S/c1-15-6-7-19(30(25,26)27)16(14-15)8-10-28-12-13-29-11-9-22-20(23)17-4-2-3-5-18(17)21(22)24/h2-7,14H,8-13H2,1H3,(H,25,26,27). The Bertz CT molecular complexity index is 1010. The highest BCUT2D eigenvalue weighted by atomic mass is 32.2. The van der Waals surface area contributed by atoms with Crippen LogP contribution in [-0.2, 0) is 26.0 Å². The van der Waals surface area contributed by atoms with Gasteiger partial charge in [0.25, 0.3) is 21.9 Å². The maximum atomic E-state index is 12.2. The molecule has 1 aliphatic rings. The number of imide groups is 1. The van der Waals surface area contributed by atoms with Gasteiger partial charge in [-0.1, -0.05) is 29.8 Å². The van der Waals surface area contributed by atoms with Gasteiger partial charge >= 0.3 is 0 Å². The van der Waals surface area contributed by atoms with Gasteiger partial charge in [0.05, 0.1) is 49.0 Å². The highest BCUT2D eigenvalue weighted by molar-refractivity contribution is 7.85. The molecule has 0 aromatic heterocycles. The normalized spacial score (nSPS) is 13.7. The Morgan fingerprint density at radius 1 is 0.900 bits per heavy atom. The second-order valence-electron chi connectivity index (χ2n) is 6.87. The van der Waals surface area contributed by atoms with Crippen molar-refractivity contribution < 1.29 is 32.0 Å². The van der Waals surface area contributed by atoms with Crippen LogP contribution in [0.15, 0.2) is 47.4 Å². The molecule has 9 heteroatoms. The van der Waals surface area contributed by atoms with Gasteiger partial charge in [0.15, 0.2) is 0 Å². The van der Waals surface area contributed by atoms with Crippen LogP contribution < -0.4 is 0 Å². The number of hydrogen-bond acceptors (Lipinski definition) is 6. The van der Waals surface area contributed by atoms with Crippen LogP contribution in [0.25, 0.3) is 0 Å². The van der Waals surface area contributed by atoms with Gasteiger partial charge in [0.1, 0.15) is 0 Å². The van der Waals surface area contributed by atoms with Crippen LogP contribution in [0.1, 0.15) is 31.8 Å². The first-order chi connectivity index (χ1) is 14.3. The molecule has 0 saturated carbocycles. The highest BCUT2D eigenvalue weighted by Gasteiger charge is 2.34. The van der Waals surface area contributed by atoms with Crippen LogP contribution in [0.2, 0.25) is 0 Å². The summed E-state index contributed by atoms with van der Waals surface area (Å²) in [5.74, 6) is -0.633. The topological polar surface area (TPSA) is 110 Å². The number of carbonyl (C=O) groups excluding carboxylic acids is 2. The number of fused-ring (bicyclic) bond motifs is 1. The van der Waals surface area contributed by atoms with Gasteiger partial charge in [0.2, 0.25) is 0 Å². The maximum absolute atomic E-state index is 12.2. The lowest BCUT2D eigenvalue weighted by Crippen LogP contribution is -2.33. The summed E-state index contributed by atoms with van der Waals surface area (Å²) in [5, 5.41) is 0. The van der Waals surface area contributed by atoms with Gasteiger partial charge < -0.3 is 9.47 Å². The highest BCUT2D eigenvalue weighted by Crippen LogP contribution is 2.22. The Kier molecular flexibility index (Phi) is 6.99. The summed E-state index contributed by atoms with van der Waals surface area (Å²) in [6, 6.07) is 11.4. The van der Waals surface area contributed by atoms with Crippen molar-refractivity contribution in [3.8, 4) is 0 Å². The molecule has 0 bridgehead atoms. The second kappa shape index (κ2) is 9.48. The van der Waals surface area contributed by atoms with E-state index in [9.17, 15) is 22.6 Å². The molecule has 0 spiro atoms.